The fraction of sp³-hybridized carbons (Fsp3) is 0.286. The monoisotopic (exact) mass is 612 g/mol. The van der Waals surface area contributed by atoms with Gasteiger partial charge in [0.15, 0.2) is 11.6 Å². The van der Waals surface area contributed by atoms with Gasteiger partial charge in [-0.2, -0.15) is 0 Å². The molecule has 1 unspecified atom stereocenters. The first-order valence-corrected chi connectivity index (χ1v) is 15.0. The maximum absolute atomic E-state index is 15.5. The van der Waals surface area contributed by atoms with Crippen LogP contribution in [0.15, 0.2) is 67.0 Å². The lowest BCUT2D eigenvalue weighted by atomic mass is 9.75. The van der Waals surface area contributed by atoms with E-state index in [-0.39, 0.29) is 35.8 Å². The number of carboxylic acids is 1. The van der Waals surface area contributed by atoms with Gasteiger partial charge >= 0.3 is 5.97 Å². The number of H-pyrrole nitrogens is 2. The zero-order chi connectivity index (χ0) is 31.7. The fourth-order valence-corrected chi connectivity index (χ4v) is 6.11. The van der Waals surface area contributed by atoms with Crippen LogP contribution < -0.4 is 4.74 Å². The Hall–Kier alpha value is -4.99. The second kappa shape index (κ2) is 12.2. The molecule has 3 aromatic carbocycles. The number of amides is 1. The summed E-state index contributed by atoms with van der Waals surface area (Å²) in [6, 6.07) is 15.1. The highest BCUT2D eigenvalue weighted by atomic mass is 19.1. The average Bonchev–Trinajstić information content (AvgIpc) is 3.71. The van der Waals surface area contributed by atoms with Crippen LogP contribution in [-0.4, -0.2) is 50.4 Å². The molecule has 0 saturated heterocycles. The van der Waals surface area contributed by atoms with Gasteiger partial charge in [-0.3, -0.25) is 9.59 Å². The number of imidazole rings is 1. The van der Waals surface area contributed by atoms with Gasteiger partial charge in [0, 0.05) is 66.0 Å². The number of carboxylic acid groups (broad SMARTS) is 1. The number of hydrogen-bond donors (Lipinski definition) is 3. The molecule has 10 heteroatoms. The lowest BCUT2D eigenvalue weighted by Crippen LogP contribution is -2.30. The number of aryl methyl sites for hydroxylation is 1. The minimum absolute atomic E-state index is 0.0236. The van der Waals surface area contributed by atoms with Gasteiger partial charge in [0.2, 0.25) is 5.91 Å². The third-order valence-corrected chi connectivity index (χ3v) is 8.82. The number of likely N-dealkylation sites (N-methyl/N-ethyl adjacent to an activating group) is 1. The van der Waals surface area contributed by atoms with Crippen LogP contribution in [0.5, 0.6) is 11.5 Å². The Morgan fingerprint density at radius 3 is 2.78 bits per heavy atom. The van der Waals surface area contributed by atoms with Crippen molar-refractivity contribution in [2.24, 2.45) is 0 Å². The van der Waals surface area contributed by atoms with Crippen molar-refractivity contribution in [3.63, 3.8) is 0 Å². The molecule has 6 rings (SSSR count). The van der Waals surface area contributed by atoms with Gasteiger partial charge in [0.05, 0.1) is 12.0 Å². The van der Waals surface area contributed by atoms with Crippen molar-refractivity contribution in [2.45, 2.75) is 50.9 Å². The van der Waals surface area contributed by atoms with E-state index in [1.807, 2.05) is 24.3 Å². The van der Waals surface area contributed by atoms with Gasteiger partial charge in [-0.25, -0.2) is 13.8 Å². The van der Waals surface area contributed by atoms with Gasteiger partial charge in [-0.1, -0.05) is 30.7 Å². The molecule has 1 atom stereocenters. The molecule has 0 spiro atoms. The van der Waals surface area contributed by atoms with Crippen LogP contribution in [0.3, 0.4) is 0 Å². The number of ether oxygens (including phenoxy) is 1. The third kappa shape index (κ3) is 6.05. The van der Waals surface area contributed by atoms with E-state index in [9.17, 15) is 14.7 Å². The van der Waals surface area contributed by atoms with Crippen molar-refractivity contribution in [1.29, 1.82) is 0 Å². The van der Waals surface area contributed by atoms with Crippen LogP contribution in [0, 0.1) is 11.6 Å². The van der Waals surface area contributed by atoms with Crippen LogP contribution in [-0.2, 0) is 27.8 Å². The fourth-order valence-electron chi connectivity index (χ4n) is 6.11. The number of nitrogens with zero attached hydrogens (tertiary/aromatic N) is 2. The number of benzene rings is 3. The normalized spacial score (nSPS) is 17.5. The van der Waals surface area contributed by atoms with Crippen LogP contribution in [0.25, 0.3) is 22.3 Å². The summed E-state index contributed by atoms with van der Waals surface area (Å²) in [7, 11) is 1.74. The quantitative estimate of drug-likeness (QED) is 0.200. The molecule has 1 amide bonds. The molecule has 0 aliphatic carbocycles. The second-order valence-electron chi connectivity index (χ2n) is 11.9. The van der Waals surface area contributed by atoms with Gasteiger partial charge in [-0.15, -0.1) is 0 Å². The molecule has 3 N–H and O–H groups in total. The van der Waals surface area contributed by atoms with Crippen molar-refractivity contribution < 1.29 is 28.2 Å². The number of halogens is 2. The number of nitrogens with one attached hydrogen (secondary N) is 2. The molecule has 0 radical (unpaired) electrons. The van der Waals surface area contributed by atoms with Crippen molar-refractivity contribution >= 4 is 22.8 Å². The molecule has 5 aromatic rings. The highest BCUT2D eigenvalue weighted by molar-refractivity contribution is 5.91. The molecule has 0 fully saturated rings. The van der Waals surface area contributed by atoms with E-state index in [0.717, 1.165) is 23.2 Å². The van der Waals surface area contributed by atoms with Crippen LogP contribution in [0.2, 0.25) is 0 Å². The van der Waals surface area contributed by atoms with E-state index in [4.69, 9.17) is 4.74 Å². The molecule has 2 aromatic heterocycles. The molecule has 1 aliphatic heterocycles. The first kappa shape index (κ1) is 30.1. The van der Waals surface area contributed by atoms with Gasteiger partial charge in [0.1, 0.15) is 17.4 Å². The zero-order valence-electron chi connectivity index (χ0n) is 25.1. The molecule has 8 nitrogen and oxygen atoms in total. The van der Waals surface area contributed by atoms with Crippen molar-refractivity contribution in [3.8, 4) is 22.9 Å². The summed E-state index contributed by atoms with van der Waals surface area (Å²) >= 11 is 0. The third-order valence-electron chi connectivity index (χ3n) is 8.82. The maximum Gasteiger partial charge on any atom is 0.303 e. The van der Waals surface area contributed by atoms with E-state index in [1.165, 1.54) is 24.3 Å². The van der Waals surface area contributed by atoms with Gasteiger partial charge in [-0.05, 0) is 61.6 Å². The summed E-state index contributed by atoms with van der Waals surface area (Å²) in [6.07, 6.45) is 5.87. The number of hydrogen-bond acceptors (Lipinski definition) is 4. The first-order chi connectivity index (χ1) is 21.6. The maximum atomic E-state index is 15.5. The average molecular weight is 613 g/mol. The van der Waals surface area contributed by atoms with Crippen molar-refractivity contribution in [2.75, 3.05) is 13.6 Å². The number of aliphatic carboxylic acids is 1. The van der Waals surface area contributed by atoms with E-state index >= 15 is 8.78 Å². The Labute approximate surface area is 259 Å². The molecule has 232 valence electrons. The van der Waals surface area contributed by atoms with Crippen LogP contribution in [0.1, 0.15) is 55.0 Å². The summed E-state index contributed by atoms with van der Waals surface area (Å²) in [4.78, 5) is 37.2. The Kier molecular flexibility index (Phi) is 8.14. The topological polar surface area (TPSA) is 111 Å². The van der Waals surface area contributed by atoms with E-state index in [1.54, 1.807) is 30.4 Å². The molecular formula is C35H34F2N4O4. The highest BCUT2D eigenvalue weighted by Crippen LogP contribution is 2.40. The molecular weight excluding hydrogens is 578 g/mol. The Balaban J connectivity index is 1.44. The second-order valence-corrected chi connectivity index (χ2v) is 11.9. The molecule has 0 saturated carbocycles. The smallest absolute Gasteiger partial charge is 0.303 e. The summed E-state index contributed by atoms with van der Waals surface area (Å²) in [5.74, 6) is -1.80. The van der Waals surface area contributed by atoms with Crippen molar-refractivity contribution in [1.82, 2.24) is 19.9 Å². The Morgan fingerprint density at radius 2 is 1.96 bits per heavy atom. The number of carbonyl (C=O) groups excluding carboxylic acids is 1. The minimum Gasteiger partial charge on any atom is -0.481 e. The lowest BCUT2D eigenvalue weighted by molar-refractivity contribution is -0.137. The predicted octanol–water partition coefficient (Wildman–Crippen LogP) is 7.14. The summed E-state index contributed by atoms with van der Waals surface area (Å²) in [5.41, 5.74) is 3.18. The molecule has 45 heavy (non-hydrogen) atoms. The largest absolute Gasteiger partial charge is 0.481 e. The predicted molar refractivity (Wildman–Crippen MR) is 166 cm³/mol. The highest BCUT2D eigenvalue weighted by Gasteiger charge is 2.32. The van der Waals surface area contributed by atoms with E-state index in [2.05, 4.69) is 21.9 Å². The minimum atomic E-state index is -0.861. The SMILES string of the molecule is CN1CCCCC(C)(c2cccc(CCC(=O)O)c2)c2cnc([nH]2)-c2cc(ccc2F)Oc2c(F)cc3[nH]ccc3c2CC1=O. The number of fused-ring (bicyclic) bond motifs is 8. The molecule has 4 bridgehead atoms. The molecule has 3 heterocycles. The standard InChI is InChI=1S/C35H34F2N4O4/c1-35(22-7-5-6-21(16-22)8-11-32(43)44)13-3-4-15-41(2)31(42)18-25-24-12-14-38-29(24)19-28(37)33(25)45-23-9-10-27(36)26(17-23)34-39-20-30(35)40-34/h5-7,9-10,12,14,16-17,19-20,38H,3-4,8,11,13,15,18H2,1-2H3,(H,39,40)(H,43,44). The number of aromatic amines is 2. The zero-order valence-corrected chi connectivity index (χ0v) is 25.1. The summed E-state index contributed by atoms with van der Waals surface area (Å²) in [6.45, 7) is 2.58. The molecule has 1 aliphatic rings. The van der Waals surface area contributed by atoms with Crippen molar-refractivity contribution in [3.05, 3.63) is 101 Å². The first-order valence-electron chi connectivity index (χ1n) is 15.0. The number of carbonyl (C=O) groups is 2. The Morgan fingerprint density at radius 1 is 1.11 bits per heavy atom. The van der Waals surface area contributed by atoms with Gasteiger partial charge < -0.3 is 24.7 Å². The number of aromatic nitrogens is 3. The Bertz CT molecular complexity index is 1900. The number of rotatable bonds is 4. The van der Waals surface area contributed by atoms with Crippen LogP contribution in [0.4, 0.5) is 8.78 Å². The van der Waals surface area contributed by atoms with E-state index in [0.29, 0.717) is 48.1 Å². The van der Waals surface area contributed by atoms with Gasteiger partial charge in [0.25, 0.3) is 0 Å². The summed E-state index contributed by atoms with van der Waals surface area (Å²) < 4.78 is 36.8. The van der Waals surface area contributed by atoms with Crippen LogP contribution >= 0.6 is 0 Å². The summed E-state index contributed by atoms with van der Waals surface area (Å²) in [5, 5.41) is 9.87. The lowest BCUT2D eigenvalue weighted by Gasteiger charge is -2.30. The van der Waals surface area contributed by atoms with E-state index < -0.39 is 23.0 Å².